The van der Waals surface area contributed by atoms with Gasteiger partial charge in [-0.05, 0) is 31.0 Å². The van der Waals surface area contributed by atoms with Crippen LogP contribution in [0.15, 0.2) is 22.7 Å². The van der Waals surface area contributed by atoms with Crippen LogP contribution in [0.2, 0.25) is 0 Å². The number of halogens is 1. The molecule has 5 heteroatoms. The highest BCUT2D eigenvalue weighted by molar-refractivity contribution is 9.10. The van der Waals surface area contributed by atoms with Crippen LogP contribution in [0.4, 0.5) is 5.69 Å². The molecule has 0 aromatic heterocycles. The van der Waals surface area contributed by atoms with Crippen molar-refractivity contribution in [3.63, 3.8) is 0 Å². The number of anilines is 1. The maximum atomic E-state index is 5.80. The van der Waals surface area contributed by atoms with Gasteiger partial charge in [0.2, 0.25) is 0 Å². The van der Waals surface area contributed by atoms with Crippen molar-refractivity contribution < 1.29 is 4.74 Å². The fourth-order valence-corrected chi connectivity index (χ4v) is 2.84. The Kier molecular flexibility index (Phi) is 4.59. The highest BCUT2D eigenvalue weighted by atomic mass is 79.9. The van der Waals surface area contributed by atoms with Gasteiger partial charge < -0.3 is 15.4 Å². The Bertz CT molecular complexity index is 445. The molecule has 1 saturated heterocycles. The lowest BCUT2D eigenvalue weighted by Crippen LogP contribution is -2.37. The normalized spacial score (nSPS) is 16.9. The van der Waals surface area contributed by atoms with Gasteiger partial charge in [0.15, 0.2) is 0 Å². The van der Waals surface area contributed by atoms with Crippen molar-refractivity contribution in [2.24, 2.45) is 5.73 Å². The number of hydrogen-bond donors (Lipinski definition) is 1. The third kappa shape index (κ3) is 3.02. The summed E-state index contributed by atoms with van der Waals surface area (Å²) in [5.74, 6) is 0. The van der Waals surface area contributed by atoms with Gasteiger partial charge in [-0.15, -0.1) is 0 Å². The summed E-state index contributed by atoms with van der Waals surface area (Å²) in [7, 11) is 1.78. The number of rotatable bonds is 3. The molecule has 0 aliphatic carbocycles. The molecule has 2 rings (SSSR count). The van der Waals surface area contributed by atoms with Crippen molar-refractivity contribution in [2.75, 3.05) is 25.1 Å². The zero-order valence-corrected chi connectivity index (χ0v) is 12.8. The van der Waals surface area contributed by atoms with Gasteiger partial charge in [-0.25, -0.2) is 0 Å². The van der Waals surface area contributed by atoms with E-state index in [4.69, 9.17) is 22.7 Å². The third-order valence-corrected chi connectivity index (χ3v) is 4.05. The predicted octanol–water partition coefficient (Wildman–Crippen LogP) is 2.70. The van der Waals surface area contributed by atoms with Crippen molar-refractivity contribution in [2.45, 2.75) is 18.9 Å². The lowest BCUT2D eigenvalue weighted by Gasteiger charge is -2.34. The molecule has 0 atom stereocenters. The van der Waals surface area contributed by atoms with Crippen LogP contribution in [0, 0.1) is 0 Å². The van der Waals surface area contributed by atoms with Crippen LogP contribution in [0.25, 0.3) is 0 Å². The molecule has 0 unspecified atom stereocenters. The van der Waals surface area contributed by atoms with E-state index in [9.17, 15) is 0 Å². The summed E-state index contributed by atoms with van der Waals surface area (Å²) in [5, 5.41) is 0. The first-order valence-electron chi connectivity index (χ1n) is 5.99. The molecular formula is C13H17BrN2OS. The van der Waals surface area contributed by atoms with Crippen molar-refractivity contribution >= 4 is 38.8 Å². The molecule has 18 heavy (non-hydrogen) atoms. The second kappa shape index (κ2) is 5.99. The fraction of sp³-hybridized carbons (Fsp3) is 0.462. The first-order chi connectivity index (χ1) is 8.61. The second-order valence-corrected chi connectivity index (χ2v) is 5.80. The van der Waals surface area contributed by atoms with Gasteiger partial charge in [0.1, 0.15) is 4.99 Å². The number of piperidine rings is 1. The molecule has 0 bridgehead atoms. The van der Waals surface area contributed by atoms with Gasteiger partial charge in [0.25, 0.3) is 0 Å². The third-order valence-electron chi connectivity index (χ3n) is 3.34. The van der Waals surface area contributed by atoms with E-state index in [1.165, 1.54) is 0 Å². The van der Waals surface area contributed by atoms with Gasteiger partial charge in [0.05, 0.1) is 6.10 Å². The first-order valence-corrected chi connectivity index (χ1v) is 7.19. The van der Waals surface area contributed by atoms with Crippen LogP contribution in [0.1, 0.15) is 18.4 Å². The molecule has 0 radical (unpaired) electrons. The molecule has 0 amide bonds. The van der Waals surface area contributed by atoms with Gasteiger partial charge in [-0.2, -0.15) is 0 Å². The monoisotopic (exact) mass is 328 g/mol. The number of benzene rings is 1. The van der Waals surface area contributed by atoms with Crippen LogP contribution in [0.5, 0.6) is 0 Å². The van der Waals surface area contributed by atoms with Crippen molar-refractivity contribution in [3.05, 3.63) is 28.2 Å². The summed E-state index contributed by atoms with van der Waals surface area (Å²) in [6.45, 7) is 1.96. The van der Waals surface area contributed by atoms with E-state index in [1.807, 2.05) is 12.1 Å². The van der Waals surface area contributed by atoms with Gasteiger partial charge in [-0.3, -0.25) is 0 Å². The minimum Gasteiger partial charge on any atom is -0.389 e. The van der Waals surface area contributed by atoms with Crippen LogP contribution in [-0.2, 0) is 4.74 Å². The summed E-state index contributed by atoms with van der Waals surface area (Å²) in [4.78, 5) is 2.77. The Hall–Kier alpha value is -0.650. The summed E-state index contributed by atoms with van der Waals surface area (Å²) < 4.78 is 6.39. The summed E-state index contributed by atoms with van der Waals surface area (Å²) in [5.41, 5.74) is 7.87. The van der Waals surface area contributed by atoms with E-state index in [1.54, 1.807) is 7.11 Å². The van der Waals surface area contributed by atoms with E-state index in [-0.39, 0.29) is 0 Å². The van der Waals surface area contributed by atoms with Gasteiger partial charge in [-0.1, -0.05) is 28.1 Å². The Morgan fingerprint density at radius 2 is 2.11 bits per heavy atom. The molecule has 1 fully saturated rings. The Labute approximate surface area is 121 Å². The molecule has 1 aliphatic rings. The number of nitrogens with zero attached hydrogens (tertiary/aromatic N) is 1. The summed E-state index contributed by atoms with van der Waals surface area (Å²) >= 11 is 8.59. The maximum Gasteiger partial charge on any atom is 0.106 e. The van der Waals surface area contributed by atoms with Crippen molar-refractivity contribution in [1.29, 1.82) is 0 Å². The molecular weight excluding hydrogens is 312 g/mol. The molecule has 1 heterocycles. The molecule has 1 aromatic carbocycles. The Morgan fingerprint density at radius 1 is 1.44 bits per heavy atom. The molecule has 0 saturated carbocycles. The highest BCUT2D eigenvalue weighted by Crippen LogP contribution is 2.27. The van der Waals surface area contributed by atoms with Crippen molar-refractivity contribution in [1.82, 2.24) is 0 Å². The van der Waals surface area contributed by atoms with E-state index < -0.39 is 0 Å². The smallest absolute Gasteiger partial charge is 0.106 e. The zero-order valence-electron chi connectivity index (χ0n) is 10.4. The van der Waals surface area contributed by atoms with Crippen LogP contribution in [0.3, 0.4) is 0 Å². The minimum absolute atomic E-state index is 0.380. The van der Waals surface area contributed by atoms with Crippen molar-refractivity contribution in [3.8, 4) is 0 Å². The van der Waals surface area contributed by atoms with E-state index in [0.29, 0.717) is 11.1 Å². The fourth-order valence-electron chi connectivity index (χ4n) is 2.31. The number of thiocarbonyl (C=S) groups is 1. The Balaban J connectivity index is 2.21. The number of hydrogen-bond acceptors (Lipinski definition) is 3. The highest BCUT2D eigenvalue weighted by Gasteiger charge is 2.21. The average molecular weight is 329 g/mol. The first kappa shape index (κ1) is 13.8. The van der Waals surface area contributed by atoms with Gasteiger partial charge in [0, 0.05) is 35.9 Å². The molecule has 1 aromatic rings. The van der Waals surface area contributed by atoms with E-state index in [0.717, 1.165) is 41.7 Å². The standard InChI is InChI=1S/C13H17BrN2OS/c1-17-10-4-6-16(7-5-10)12-3-2-9(14)8-11(12)13(15)18/h2-3,8,10H,4-7H2,1H3,(H2,15,18). The summed E-state index contributed by atoms with van der Waals surface area (Å²) in [6.07, 6.45) is 2.47. The van der Waals surface area contributed by atoms with Crippen LogP contribution >= 0.6 is 28.1 Å². The number of nitrogens with two attached hydrogens (primary N) is 1. The number of methoxy groups -OCH3 is 1. The molecule has 3 nitrogen and oxygen atoms in total. The second-order valence-electron chi connectivity index (χ2n) is 4.45. The van der Waals surface area contributed by atoms with E-state index in [2.05, 4.69) is 26.9 Å². The largest absolute Gasteiger partial charge is 0.389 e. The molecule has 0 spiro atoms. The minimum atomic E-state index is 0.380. The molecule has 2 N–H and O–H groups in total. The lowest BCUT2D eigenvalue weighted by molar-refractivity contribution is 0.0819. The SMILES string of the molecule is COC1CCN(c2ccc(Br)cc2C(N)=S)CC1. The molecule has 1 aliphatic heterocycles. The molecule has 98 valence electrons. The van der Waals surface area contributed by atoms with E-state index >= 15 is 0 Å². The summed E-state index contributed by atoms with van der Waals surface area (Å²) in [6, 6.07) is 6.09. The number of ether oxygens (including phenoxy) is 1. The average Bonchev–Trinajstić information content (AvgIpc) is 2.39. The van der Waals surface area contributed by atoms with Crippen LogP contribution < -0.4 is 10.6 Å². The van der Waals surface area contributed by atoms with Gasteiger partial charge >= 0.3 is 0 Å². The van der Waals surface area contributed by atoms with Crippen LogP contribution in [-0.4, -0.2) is 31.3 Å². The zero-order chi connectivity index (χ0) is 13.1. The Morgan fingerprint density at radius 3 is 2.67 bits per heavy atom. The topological polar surface area (TPSA) is 38.5 Å². The lowest BCUT2D eigenvalue weighted by atomic mass is 10.0. The predicted molar refractivity (Wildman–Crippen MR) is 82.3 cm³/mol. The quantitative estimate of drug-likeness (QED) is 0.866. The maximum absolute atomic E-state index is 5.80.